The van der Waals surface area contributed by atoms with E-state index < -0.39 is 0 Å². The molecule has 3 aromatic rings. The Bertz CT molecular complexity index is 1090. The maximum absolute atomic E-state index is 12.6. The van der Waals surface area contributed by atoms with E-state index in [2.05, 4.69) is 16.0 Å². The fraction of sp³-hybridized carbons (Fsp3) is 0.231. The highest BCUT2D eigenvalue weighted by atomic mass is 16.5. The molecule has 0 spiro atoms. The van der Waals surface area contributed by atoms with Gasteiger partial charge in [0.2, 0.25) is 11.8 Å². The molecular formula is C26H27N3O3. The van der Waals surface area contributed by atoms with Gasteiger partial charge in [-0.1, -0.05) is 48.5 Å². The molecule has 1 fully saturated rings. The second-order valence-corrected chi connectivity index (χ2v) is 7.91. The lowest BCUT2D eigenvalue weighted by atomic mass is 10.1. The zero-order valence-corrected chi connectivity index (χ0v) is 18.1. The summed E-state index contributed by atoms with van der Waals surface area (Å²) in [7, 11) is 0. The molecule has 0 atom stereocenters. The number of hydrogen-bond acceptors (Lipinski definition) is 4. The third-order valence-corrected chi connectivity index (χ3v) is 5.38. The molecule has 0 heterocycles. The van der Waals surface area contributed by atoms with E-state index in [1.165, 1.54) is 0 Å². The average Bonchev–Trinajstić information content (AvgIpc) is 3.66. The molecule has 32 heavy (non-hydrogen) atoms. The van der Waals surface area contributed by atoms with Crippen molar-refractivity contribution in [3.63, 3.8) is 0 Å². The highest BCUT2D eigenvalue weighted by molar-refractivity contribution is 5.98. The molecule has 1 aliphatic rings. The van der Waals surface area contributed by atoms with Crippen molar-refractivity contribution in [2.45, 2.75) is 26.4 Å². The van der Waals surface area contributed by atoms with Crippen molar-refractivity contribution in [2.75, 3.05) is 22.5 Å². The van der Waals surface area contributed by atoms with Gasteiger partial charge in [0.05, 0.1) is 12.2 Å². The number of para-hydroxylation sites is 2. The normalized spacial score (nSPS) is 12.7. The molecule has 0 unspecified atom stereocenters. The van der Waals surface area contributed by atoms with Crippen molar-refractivity contribution in [2.24, 2.45) is 5.92 Å². The van der Waals surface area contributed by atoms with Crippen LogP contribution in [-0.2, 0) is 16.2 Å². The molecule has 0 aromatic heterocycles. The second-order valence-electron chi connectivity index (χ2n) is 7.91. The van der Waals surface area contributed by atoms with Gasteiger partial charge in [0.25, 0.3) is 0 Å². The Morgan fingerprint density at radius 1 is 0.844 bits per heavy atom. The van der Waals surface area contributed by atoms with Gasteiger partial charge in [0.1, 0.15) is 12.4 Å². The lowest BCUT2D eigenvalue weighted by Gasteiger charge is -2.15. The van der Waals surface area contributed by atoms with Crippen LogP contribution in [0.25, 0.3) is 0 Å². The Morgan fingerprint density at radius 3 is 2.25 bits per heavy atom. The number of nitrogens with one attached hydrogen (secondary N) is 3. The molecule has 0 radical (unpaired) electrons. The highest BCUT2D eigenvalue weighted by Gasteiger charge is 2.29. The summed E-state index contributed by atoms with van der Waals surface area (Å²) in [5.41, 5.74) is 4.07. The van der Waals surface area contributed by atoms with Gasteiger partial charge in [-0.2, -0.15) is 0 Å². The van der Waals surface area contributed by atoms with Gasteiger partial charge in [-0.15, -0.1) is 0 Å². The van der Waals surface area contributed by atoms with Crippen LogP contribution in [0.4, 0.5) is 17.1 Å². The molecular weight excluding hydrogens is 402 g/mol. The Balaban J connectivity index is 1.34. The standard InChI is InChI=1S/C26H27N3O3/c1-18-21(11-7-12-22(18)29-26(31)20-14-15-20)28-25(30)16-27-23-10-5-6-13-24(23)32-17-19-8-3-2-4-9-19/h2-13,20,27H,14-17H2,1H3,(H,28,30)(H,29,31). The SMILES string of the molecule is Cc1c(NC(=O)CNc2ccccc2OCc2ccccc2)cccc1NC(=O)C1CC1. The van der Waals surface area contributed by atoms with Crippen molar-refractivity contribution in [3.05, 3.63) is 83.9 Å². The Labute approximate surface area is 188 Å². The summed E-state index contributed by atoms with van der Waals surface area (Å²) in [6, 6.07) is 23.0. The summed E-state index contributed by atoms with van der Waals surface area (Å²) in [6.45, 7) is 2.42. The third-order valence-electron chi connectivity index (χ3n) is 5.38. The fourth-order valence-corrected chi connectivity index (χ4v) is 3.33. The van der Waals surface area contributed by atoms with Gasteiger partial charge in [-0.3, -0.25) is 9.59 Å². The number of ether oxygens (including phenoxy) is 1. The van der Waals surface area contributed by atoms with Gasteiger partial charge in [0, 0.05) is 17.3 Å². The van der Waals surface area contributed by atoms with E-state index in [1.54, 1.807) is 0 Å². The highest BCUT2D eigenvalue weighted by Crippen LogP contribution is 2.31. The molecule has 6 heteroatoms. The zero-order chi connectivity index (χ0) is 22.3. The number of carbonyl (C=O) groups is 2. The summed E-state index contributed by atoms with van der Waals surface area (Å²) in [5.74, 6) is 0.674. The minimum absolute atomic E-state index is 0.0466. The largest absolute Gasteiger partial charge is 0.487 e. The minimum Gasteiger partial charge on any atom is -0.487 e. The summed E-state index contributed by atoms with van der Waals surface area (Å²) >= 11 is 0. The molecule has 3 aromatic carbocycles. The molecule has 2 amide bonds. The molecule has 0 aliphatic heterocycles. The lowest BCUT2D eigenvalue weighted by Crippen LogP contribution is -2.23. The van der Waals surface area contributed by atoms with Crippen LogP contribution in [0.3, 0.4) is 0 Å². The van der Waals surface area contributed by atoms with E-state index >= 15 is 0 Å². The monoisotopic (exact) mass is 429 g/mol. The first-order chi connectivity index (χ1) is 15.6. The van der Waals surface area contributed by atoms with Crippen LogP contribution >= 0.6 is 0 Å². The van der Waals surface area contributed by atoms with E-state index in [4.69, 9.17) is 4.74 Å². The lowest BCUT2D eigenvalue weighted by molar-refractivity contribution is -0.117. The van der Waals surface area contributed by atoms with Gasteiger partial charge in [0.15, 0.2) is 0 Å². The van der Waals surface area contributed by atoms with Crippen molar-refractivity contribution in [1.29, 1.82) is 0 Å². The smallest absolute Gasteiger partial charge is 0.243 e. The quantitative estimate of drug-likeness (QED) is 0.449. The number of anilines is 3. The molecule has 1 saturated carbocycles. The molecule has 6 nitrogen and oxygen atoms in total. The predicted molar refractivity (Wildman–Crippen MR) is 127 cm³/mol. The Kier molecular flexibility index (Phi) is 6.70. The second kappa shape index (κ2) is 10.0. The first-order valence-corrected chi connectivity index (χ1v) is 10.8. The van der Waals surface area contributed by atoms with E-state index in [-0.39, 0.29) is 24.3 Å². The first-order valence-electron chi connectivity index (χ1n) is 10.8. The van der Waals surface area contributed by atoms with E-state index in [0.717, 1.165) is 35.3 Å². The van der Waals surface area contributed by atoms with Gasteiger partial charge in [-0.25, -0.2) is 0 Å². The molecule has 3 N–H and O–H groups in total. The van der Waals surface area contributed by atoms with Crippen molar-refractivity contribution >= 4 is 28.9 Å². The summed E-state index contributed by atoms with van der Waals surface area (Å²) in [6.07, 6.45) is 1.90. The summed E-state index contributed by atoms with van der Waals surface area (Å²) < 4.78 is 5.94. The van der Waals surface area contributed by atoms with Crippen LogP contribution in [0.2, 0.25) is 0 Å². The van der Waals surface area contributed by atoms with Crippen LogP contribution in [0.5, 0.6) is 5.75 Å². The summed E-state index contributed by atoms with van der Waals surface area (Å²) in [4.78, 5) is 24.7. The van der Waals surface area contributed by atoms with Gasteiger partial charge in [-0.05, 0) is 55.2 Å². The van der Waals surface area contributed by atoms with Crippen LogP contribution < -0.4 is 20.7 Å². The average molecular weight is 430 g/mol. The Morgan fingerprint density at radius 2 is 1.50 bits per heavy atom. The maximum Gasteiger partial charge on any atom is 0.243 e. The molecule has 0 bridgehead atoms. The van der Waals surface area contributed by atoms with E-state index in [1.807, 2.05) is 79.7 Å². The van der Waals surface area contributed by atoms with Crippen molar-refractivity contribution in [3.8, 4) is 5.75 Å². The number of hydrogen-bond donors (Lipinski definition) is 3. The zero-order valence-electron chi connectivity index (χ0n) is 18.1. The van der Waals surface area contributed by atoms with E-state index in [9.17, 15) is 9.59 Å². The van der Waals surface area contributed by atoms with Crippen molar-refractivity contribution < 1.29 is 14.3 Å². The molecule has 164 valence electrons. The van der Waals surface area contributed by atoms with Crippen LogP contribution in [0, 0.1) is 12.8 Å². The Hall–Kier alpha value is -3.80. The first kappa shape index (κ1) is 21.4. The molecule has 4 rings (SSSR count). The van der Waals surface area contributed by atoms with Gasteiger partial charge < -0.3 is 20.7 Å². The van der Waals surface area contributed by atoms with Crippen LogP contribution in [0.1, 0.15) is 24.0 Å². The van der Waals surface area contributed by atoms with Crippen LogP contribution in [0.15, 0.2) is 72.8 Å². The topological polar surface area (TPSA) is 79.5 Å². The maximum atomic E-state index is 12.6. The number of carbonyl (C=O) groups excluding carboxylic acids is 2. The van der Waals surface area contributed by atoms with Gasteiger partial charge >= 0.3 is 0 Å². The fourth-order valence-electron chi connectivity index (χ4n) is 3.33. The van der Waals surface area contributed by atoms with E-state index in [0.29, 0.717) is 18.0 Å². The predicted octanol–water partition coefficient (Wildman–Crippen LogP) is 4.97. The van der Waals surface area contributed by atoms with Crippen molar-refractivity contribution in [1.82, 2.24) is 0 Å². The number of rotatable bonds is 9. The minimum atomic E-state index is -0.184. The third kappa shape index (κ3) is 5.66. The number of amides is 2. The molecule has 0 saturated heterocycles. The summed E-state index contributed by atoms with van der Waals surface area (Å²) in [5, 5.41) is 9.03. The molecule has 1 aliphatic carbocycles. The van der Waals surface area contributed by atoms with Crippen LogP contribution in [-0.4, -0.2) is 18.4 Å². The number of benzene rings is 3.